The van der Waals surface area contributed by atoms with E-state index < -0.39 is 5.60 Å². The molecule has 66 valence electrons. The van der Waals surface area contributed by atoms with Gasteiger partial charge in [0, 0.05) is 18.3 Å². The Labute approximate surface area is 72.3 Å². The zero-order valence-corrected chi connectivity index (χ0v) is 7.29. The van der Waals surface area contributed by atoms with E-state index in [1.165, 1.54) is 0 Å². The second-order valence-electron chi connectivity index (χ2n) is 3.80. The summed E-state index contributed by atoms with van der Waals surface area (Å²) in [5.41, 5.74) is -0.903. The number of carbonyl (C=O) groups is 1. The van der Waals surface area contributed by atoms with E-state index in [0.717, 1.165) is 12.8 Å². The van der Waals surface area contributed by atoms with Crippen LogP contribution in [0.4, 0.5) is 0 Å². The summed E-state index contributed by atoms with van der Waals surface area (Å²) in [5, 5.41) is 9.84. The highest BCUT2D eigenvalue weighted by Crippen LogP contribution is 2.60. The van der Waals surface area contributed by atoms with Gasteiger partial charge in [-0.3, -0.25) is 4.79 Å². The number of ketones is 1. The first-order valence-corrected chi connectivity index (χ1v) is 4.58. The van der Waals surface area contributed by atoms with Crippen molar-refractivity contribution in [3.05, 3.63) is 12.2 Å². The first-order chi connectivity index (χ1) is 5.71. The monoisotopic (exact) mass is 166 g/mol. The van der Waals surface area contributed by atoms with E-state index in [4.69, 9.17) is 0 Å². The van der Waals surface area contributed by atoms with Gasteiger partial charge in [-0.25, -0.2) is 0 Å². The van der Waals surface area contributed by atoms with Crippen molar-refractivity contribution in [3.63, 3.8) is 0 Å². The van der Waals surface area contributed by atoms with Crippen LogP contribution in [0.15, 0.2) is 12.2 Å². The Morgan fingerprint density at radius 3 is 3.00 bits per heavy atom. The van der Waals surface area contributed by atoms with Crippen LogP contribution in [0.3, 0.4) is 0 Å². The van der Waals surface area contributed by atoms with E-state index in [2.05, 4.69) is 0 Å². The molecule has 0 saturated heterocycles. The van der Waals surface area contributed by atoms with Crippen molar-refractivity contribution in [2.24, 2.45) is 11.8 Å². The summed E-state index contributed by atoms with van der Waals surface area (Å²) < 4.78 is 0. The molecule has 0 amide bonds. The van der Waals surface area contributed by atoms with Gasteiger partial charge in [0.25, 0.3) is 0 Å². The third kappa shape index (κ3) is 0.816. The van der Waals surface area contributed by atoms with Crippen LogP contribution in [0, 0.1) is 11.8 Å². The van der Waals surface area contributed by atoms with Crippen LogP contribution in [0.5, 0.6) is 0 Å². The average Bonchev–Trinajstić information content (AvgIpc) is 2.52. The van der Waals surface area contributed by atoms with Crippen molar-refractivity contribution in [2.75, 3.05) is 0 Å². The van der Waals surface area contributed by atoms with E-state index in [-0.39, 0.29) is 17.6 Å². The Bertz CT molecular complexity index is 244. The van der Waals surface area contributed by atoms with E-state index in [1.807, 2.05) is 19.1 Å². The van der Waals surface area contributed by atoms with Gasteiger partial charge in [-0.1, -0.05) is 12.2 Å². The van der Waals surface area contributed by atoms with Gasteiger partial charge in [-0.05, 0) is 19.8 Å². The minimum atomic E-state index is -0.903. The lowest BCUT2D eigenvalue weighted by atomic mass is 10.1. The second-order valence-corrected chi connectivity index (χ2v) is 3.80. The van der Waals surface area contributed by atoms with Gasteiger partial charge in [-0.15, -0.1) is 0 Å². The molecular weight excluding hydrogens is 152 g/mol. The molecule has 0 radical (unpaired) electrons. The minimum Gasteiger partial charge on any atom is -0.381 e. The van der Waals surface area contributed by atoms with Crippen molar-refractivity contribution in [1.82, 2.24) is 0 Å². The van der Waals surface area contributed by atoms with Crippen LogP contribution in [0.2, 0.25) is 0 Å². The molecule has 0 bridgehead atoms. The summed E-state index contributed by atoms with van der Waals surface area (Å²) in [6.07, 6.45) is 6.37. The Morgan fingerprint density at radius 1 is 1.75 bits per heavy atom. The molecule has 3 unspecified atom stereocenters. The fraction of sp³-hybridized carbons (Fsp3) is 0.700. The van der Waals surface area contributed by atoms with Crippen LogP contribution in [-0.2, 0) is 4.79 Å². The molecule has 0 spiro atoms. The number of aliphatic hydroxyl groups is 1. The number of carbonyl (C=O) groups excluding carboxylic acids is 1. The summed E-state index contributed by atoms with van der Waals surface area (Å²) in [5.74, 6) is 0.582. The minimum absolute atomic E-state index is 0.0713. The predicted octanol–water partition coefficient (Wildman–Crippen LogP) is 1.29. The van der Waals surface area contributed by atoms with Gasteiger partial charge in [-0.2, -0.15) is 0 Å². The van der Waals surface area contributed by atoms with E-state index in [1.54, 1.807) is 0 Å². The summed E-state index contributed by atoms with van der Waals surface area (Å²) >= 11 is 0. The number of hydrogen-bond acceptors (Lipinski definition) is 2. The maximum atomic E-state index is 11.2. The van der Waals surface area contributed by atoms with E-state index >= 15 is 0 Å². The van der Waals surface area contributed by atoms with Gasteiger partial charge in [0.2, 0.25) is 0 Å². The van der Waals surface area contributed by atoms with Gasteiger partial charge < -0.3 is 5.11 Å². The van der Waals surface area contributed by atoms with Crippen LogP contribution >= 0.6 is 0 Å². The molecule has 2 saturated carbocycles. The Morgan fingerprint density at radius 2 is 2.50 bits per heavy atom. The fourth-order valence-electron chi connectivity index (χ4n) is 2.47. The molecule has 3 atom stereocenters. The summed E-state index contributed by atoms with van der Waals surface area (Å²) in [7, 11) is 0. The molecule has 1 N–H and O–H groups in total. The Hall–Kier alpha value is -0.630. The summed E-state index contributed by atoms with van der Waals surface area (Å²) in [6.45, 7) is 1.96. The molecule has 2 heteroatoms. The largest absolute Gasteiger partial charge is 0.381 e. The molecule has 0 aromatic heterocycles. The third-order valence-electron chi connectivity index (χ3n) is 3.26. The molecule has 2 aliphatic rings. The van der Waals surface area contributed by atoms with Crippen molar-refractivity contribution in [1.29, 1.82) is 0 Å². The van der Waals surface area contributed by atoms with Crippen molar-refractivity contribution < 1.29 is 9.90 Å². The first kappa shape index (κ1) is 7.99. The quantitative estimate of drug-likeness (QED) is 0.628. The van der Waals surface area contributed by atoms with Gasteiger partial charge in [0.15, 0.2) is 5.78 Å². The maximum absolute atomic E-state index is 11.2. The lowest BCUT2D eigenvalue weighted by Gasteiger charge is -2.03. The molecule has 2 fully saturated rings. The number of fused-ring (bicyclic) bond motifs is 1. The predicted molar refractivity (Wildman–Crippen MR) is 45.6 cm³/mol. The third-order valence-corrected chi connectivity index (χ3v) is 3.26. The Kier molecular flexibility index (Phi) is 1.62. The first-order valence-electron chi connectivity index (χ1n) is 4.58. The Balaban J connectivity index is 2.03. The van der Waals surface area contributed by atoms with Crippen molar-refractivity contribution in [3.8, 4) is 0 Å². The van der Waals surface area contributed by atoms with E-state index in [0.29, 0.717) is 6.42 Å². The second kappa shape index (κ2) is 2.43. The highest BCUT2D eigenvalue weighted by Gasteiger charge is 2.70. The normalized spacial score (nSPS) is 45.3. The number of Topliss-reactive ketones (excluding diaryl/α,β-unsaturated/α-hetero) is 1. The van der Waals surface area contributed by atoms with Crippen LogP contribution in [0.25, 0.3) is 0 Å². The van der Waals surface area contributed by atoms with Crippen LogP contribution < -0.4 is 0 Å². The molecule has 2 aliphatic carbocycles. The van der Waals surface area contributed by atoms with Crippen molar-refractivity contribution in [2.45, 2.75) is 31.8 Å². The molecule has 0 heterocycles. The number of rotatable bonds is 2. The number of hydrogen-bond donors (Lipinski definition) is 1. The van der Waals surface area contributed by atoms with Gasteiger partial charge in [0.05, 0.1) is 0 Å². The van der Waals surface area contributed by atoms with Gasteiger partial charge >= 0.3 is 0 Å². The molecule has 2 rings (SSSR count). The maximum Gasteiger partial charge on any atom is 0.164 e. The zero-order valence-electron chi connectivity index (χ0n) is 7.29. The van der Waals surface area contributed by atoms with Gasteiger partial charge in [0.1, 0.15) is 5.60 Å². The molecule has 12 heavy (non-hydrogen) atoms. The molecule has 0 aliphatic heterocycles. The molecule has 2 nitrogen and oxygen atoms in total. The lowest BCUT2D eigenvalue weighted by molar-refractivity contribution is -0.128. The van der Waals surface area contributed by atoms with Crippen LogP contribution in [0.1, 0.15) is 26.2 Å². The topological polar surface area (TPSA) is 37.3 Å². The average molecular weight is 166 g/mol. The zero-order chi connectivity index (χ0) is 8.77. The molecule has 0 aromatic rings. The standard InChI is InChI=1S/C10H14O2/c1-2-3-4-7-8-5-6-9(11)10(7,8)12/h2-3,7-8,12H,4-6H2,1H3/b3-2+. The molecule has 0 aromatic carbocycles. The summed E-state index contributed by atoms with van der Waals surface area (Å²) in [6, 6.07) is 0. The lowest BCUT2D eigenvalue weighted by Crippen LogP contribution is -2.21. The molecular formula is C10H14O2. The highest BCUT2D eigenvalue weighted by atomic mass is 16.3. The van der Waals surface area contributed by atoms with E-state index in [9.17, 15) is 9.90 Å². The highest BCUT2D eigenvalue weighted by molar-refractivity contribution is 5.94. The number of allylic oxidation sites excluding steroid dienone is 2. The smallest absolute Gasteiger partial charge is 0.164 e. The SMILES string of the molecule is C/C=C/CC1C2CCC(=O)C12O. The van der Waals surface area contributed by atoms with Crippen LogP contribution in [-0.4, -0.2) is 16.5 Å². The van der Waals surface area contributed by atoms with Crippen molar-refractivity contribution >= 4 is 5.78 Å². The summed E-state index contributed by atoms with van der Waals surface area (Å²) in [4.78, 5) is 11.2. The fourth-order valence-corrected chi connectivity index (χ4v) is 2.47.